The van der Waals surface area contributed by atoms with E-state index in [4.69, 9.17) is 0 Å². The molecule has 4 heteroatoms. The zero-order valence-corrected chi connectivity index (χ0v) is 9.08. The first kappa shape index (κ1) is 10.1. The van der Waals surface area contributed by atoms with Gasteiger partial charge in [0, 0.05) is 7.05 Å². The van der Waals surface area contributed by atoms with Gasteiger partial charge in [0.05, 0.1) is 11.6 Å². The molecule has 0 aliphatic heterocycles. The first-order valence-electron chi connectivity index (χ1n) is 4.93. The minimum absolute atomic E-state index is 0.113. The van der Waals surface area contributed by atoms with Crippen LogP contribution in [0.15, 0.2) is 18.2 Å². The van der Waals surface area contributed by atoms with Gasteiger partial charge in [0.25, 0.3) is 0 Å². The van der Waals surface area contributed by atoms with Crippen LogP contribution in [0.2, 0.25) is 0 Å². The summed E-state index contributed by atoms with van der Waals surface area (Å²) in [6.45, 7) is 2.00. The van der Waals surface area contributed by atoms with Crippen molar-refractivity contribution >= 4 is 11.0 Å². The van der Waals surface area contributed by atoms with E-state index < -0.39 is 0 Å². The van der Waals surface area contributed by atoms with Crippen LogP contribution in [0, 0.1) is 5.82 Å². The molecule has 2 aromatic rings. The fraction of sp³-hybridized carbons (Fsp3) is 0.364. The van der Waals surface area contributed by atoms with E-state index in [2.05, 4.69) is 10.3 Å². The van der Waals surface area contributed by atoms with Crippen molar-refractivity contribution in [3.8, 4) is 0 Å². The molecular weight excluding hydrogens is 193 g/mol. The number of nitrogens with one attached hydrogen (secondary N) is 1. The highest BCUT2D eigenvalue weighted by atomic mass is 19.1. The number of benzene rings is 1. The summed E-state index contributed by atoms with van der Waals surface area (Å²) in [4.78, 5) is 4.31. The smallest absolute Gasteiger partial charge is 0.151 e. The van der Waals surface area contributed by atoms with E-state index in [0.717, 1.165) is 11.3 Å². The molecule has 0 radical (unpaired) electrons. The molecule has 1 aromatic heterocycles. The lowest BCUT2D eigenvalue weighted by molar-refractivity contribution is 0.589. The molecule has 0 saturated heterocycles. The average molecular weight is 207 g/mol. The van der Waals surface area contributed by atoms with Crippen LogP contribution in [0.25, 0.3) is 11.0 Å². The highest BCUT2D eigenvalue weighted by Crippen LogP contribution is 2.21. The molecule has 1 aromatic carbocycles. The van der Waals surface area contributed by atoms with E-state index in [1.807, 2.05) is 31.7 Å². The van der Waals surface area contributed by atoms with Crippen LogP contribution in [0.1, 0.15) is 18.8 Å². The monoisotopic (exact) mass is 207 g/mol. The highest BCUT2D eigenvalue weighted by molar-refractivity contribution is 5.76. The Morgan fingerprint density at radius 2 is 2.20 bits per heavy atom. The van der Waals surface area contributed by atoms with Gasteiger partial charge in [-0.1, -0.05) is 6.07 Å². The molecule has 1 atom stereocenters. The van der Waals surface area contributed by atoms with Gasteiger partial charge < -0.3 is 9.88 Å². The van der Waals surface area contributed by atoms with E-state index in [1.54, 1.807) is 6.07 Å². The summed E-state index contributed by atoms with van der Waals surface area (Å²) in [6.07, 6.45) is 0. The molecule has 0 amide bonds. The number of hydrogen-bond donors (Lipinski definition) is 1. The molecule has 0 bridgehead atoms. The second-order valence-corrected chi connectivity index (χ2v) is 3.65. The summed E-state index contributed by atoms with van der Waals surface area (Å²) in [7, 11) is 3.76. The molecule has 80 valence electrons. The minimum atomic E-state index is -0.266. The van der Waals surface area contributed by atoms with Crippen molar-refractivity contribution in [2.75, 3.05) is 7.05 Å². The largest absolute Gasteiger partial charge is 0.330 e. The van der Waals surface area contributed by atoms with Crippen molar-refractivity contribution in [3.05, 3.63) is 29.8 Å². The minimum Gasteiger partial charge on any atom is -0.330 e. The van der Waals surface area contributed by atoms with Gasteiger partial charge in [0.15, 0.2) is 5.82 Å². The highest BCUT2D eigenvalue weighted by Gasteiger charge is 2.14. The lowest BCUT2D eigenvalue weighted by Crippen LogP contribution is -2.16. The standard InChI is InChI=1S/C11H14FN3/c1-7(13-2)11-14-10-8(12)5-4-6-9(10)15(11)3/h4-7,13H,1-3H3. The number of imidazole rings is 1. The van der Waals surface area contributed by atoms with Crippen molar-refractivity contribution < 1.29 is 4.39 Å². The Hall–Kier alpha value is -1.42. The normalized spacial score (nSPS) is 13.3. The van der Waals surface area contributed by atoms with E-state index in [1.165, 1.54) is 6.07 Å². The third-order valence-electron chi connectivity index (χ3n) is 2.72. The number of aromatic nitrogens is 2. The van der Waals surface area contributed by atoms with Crippen LogP contribution in [0.5, 0.6) is 0 Å². The van der Waals surface area contributed by atoms with Crippen LogP contribution in [0.3, 0.4) is 0 Å². The van der Waals surface area contributed by atoms with Crippen LogP contribution >= 0.6 is 0 Å². The molecule has 0 saturated carbocycles. The molecule has 0 aliphatic carbocycles. The predicted octanol–water partition coefficient (Wildman–Crippen LogP) is 1.99. The van der Waals surface area contributed by atoms with E-state index >= 15 is 0 Å². The molecule has 1 heterocycles. The third kappa shape index (κ3) is 1.51. The second kappa shape index (κ2) is 3.62. The van der Waals surface area contributed by atoms with Gasteiger partial charge >= 0.3 is 0 Å². The van der Waals surface area contributed by atoms with Gasteiger partial charge in [-0.25, -0.2) is 9.37 Å². The molecule has 1 unspecified atom stereocenters. The molecule has 15 heavy (non-hydrogen) atoms. The van der Waals surface area contributed by atoms with Crippen molar-refractivity contribution in [1.82, 2.24) is 14.9 Å². The summed E-state index contributed by atoms with van der Waals surface area (Å²) < 4.78 is 15.4. The second-order valence-electron chi connectivity index (χ2n) is 3.65. The maximum absolute atomic E-state index is 13.5. The van der Waals surface area contributed by atoms with Crippen molar-refractivity contribution in [2.45, 2.75) is 13.0 Å². The number of hydrogen-bond acceptors (Lipinski definition) is 2. The Bertz CT molecular complexity index is 490. The lowest BCUT2D eigenvalue weighted by Gasteiger charge is -2.09. The number of rotatable bonds is 2. The lowest BCUT2D eigenvalue weighted by atomic mass is 10.3. The van der Waals surface area contributed by atoms with Crippen LogP contribution in [-0.2, 0) is 7.05 Å². The Morgan fingerprint density at radius 1 is 1.47 bits per heavy atom. The maximum Gasteiger partial charge on any atom is 0.151 e. The van der Waals surface area contributed by atoms with Gasteiger partial charge in [-0.05, 0) is 26.1 Å². The molecule has 2 rings (SSSR count). The quantitative estimate of drug-likeness (QED) is 0.816. The summed E-state index contributed by atoms with van der Waals surface area (Å²) in [5, 5.41) is 3.10. The molecule has 0 fully saturated rings. The fourth-order valence-electron chi connectivity index (χ4n) is 1.71. The number of aryl methyl sites for hydroxylation is 1. The number of fused-ring (bicyclic) bond motifs is 1. The number of para-hydroxylation sites is 1. The van der Waals surface area contributed by atoms with Gasteiger partial charge in [0.2, 0.25) is 0 Å². The fourth-order valence-corrected chi connectivity index (χ4v) is 1.71. The SMILES string of the molecule is CNC(C)c1nc2c(F)cccc2n1C. The molecule has 3 nitrogen and oxygen atoms in total. The summed E-state index contributed by atoms with van der Waals surface area (Å²) >= 11 is 0. The van der Waals surface area contributed by atoms with Crippen LogP contribution < -0.4 is 5.32 Å². The Balaban J connectivity index is 2.69. The van der Waals surface area contributed by atoms with E-state index in [9.17, 15) is 4.39 Å². The van der Waals surface area contributed by atoms with Gasteiger partial charge in [-0.3, -0.25) is 0 Å². The first-order chi connectivity index (χ1) is 7.15. The maximum atomic E-state index is 13.5. The zero-order chi connectivity index (χ0) is 11.0. The Labute approximate surface area is 87.9 Å². The molecule has 0 aliphatic rings. The zero-order valence-electron chi connectivity index (χ0n) is 9.08. The van der Waals surface area contributed by atoms with Crippen molar-refractivity contribution in [3.63, 3.8) is 0 Å². The molecule has 1 N–H and O–H groups in total. The summed E-state index contributed by atoms with van der Waals surface area (Å²) in [5.74, 6) is 0.579. The van der Waals surface area contributed by atoms with Gasteiger partial charge in [-0.2, -0.15) is 0 Å². The van der Waals surface area contributed by atoms with Crippen LogP contribution in [0.4, 0.5) is 4.39 Å². The van der Waals surface area contributed by atoms with Crippen LogP contribution in [-0.4, -0.2) is 16.6 Å². The van der Waals surface area contributed by atoms with Crippen molar-refractivity contribution in [2.24, 2.45) is 7.05 Å². The summed E-state index contributed by atoms with van der Waals surface area (Å²) in [5.41, 5.74) is 1.27. The van der Waals surface area contributed by atoms with Crippen molar-refractivity contribution in [1.29, 1.82) is 0 Å². The topological polar surface area (TPSA) is 29.9 Å². The average Bonchev–Trinajstić information content (AvgIpc) is 2.57. The first-order valence-corrected chi connectivity index (χ1v) is 4.93. The number of halogens is 1. The molecular formula is C11H14FN3. The van der Waals surface area contributed by atoms with Gasteiger partial charge in [0.1, 0.15) is 11.3 Å². The predicted molar refractivity (Wildman–Crippen MR) is 58.1 cm³/mol. The van der Waals surface area contributed by atoms with Gasteiger partial charge in [-0.15, -0.1) is 0 Å². The van der Waals surface area contributed by atoms with E-state index in [0.29, 0.717) is 5.52 Å². The third-order valence-corrected chi connectivity index (χ3v) is 2.72. The van der Waals surface area contributed by atoms with E-state index in [-0.39, 0.29) is 11.9 Å². The molecule has 0 spiro atoms. The summed E-state index contributed by atoms with van der Waals surface area (Å²) in [6, 6.07) is 5.12. The Kier molecular flexibility index (Phi) is 2.44. The number of nitrogens with zero attached hydrogens (tertiary/aromatic N) is 2. The Morgan fingerprint density at radius 3 is 2.80 bits per heavy atom.